The number of benzene rings is 1. The van der Waals surface area contributed by atoms with Gasteiger partial charge in [0, 0.05) is 42.7 Å². The Bertz CT molecular complexity index is 381. The smallest absolute Gasteiger partial charge is 0.263 e. The molecule has 0 spiro atoms. The van der Waals surface area contributed by atoms with Crippen molar-refractivity contribution >= 4 is 11.8 Å². The van der Waals surface area contributed by atoms with E-state index in [2.05, 4.69) is 4.90 Å². The zero-order valence-electron chi connectivity index (χ0n) is 10.2. The zero-order chi connectivity index (χ0) is 13.0. The van der Waals surface area contributed by atoms with Crippen molar-refractivity contribution in [1.29, 1.82) is 0 Å². The average Bonchev–Trinajstić information content (AvgIpc) is 2.41. The van der Waals surface area contributed by atoms with E-state index < -0.39 is 6.43 Å². The standard InChI is InChI=1S/C13H18F2N2S/c14-13(15)11-3-1-2-10(8-11)12(9-16)17-4-6-18-7-5-17/h1-3,8,12-13H,4-7,9,16H2. The summed E-state index contributed by atoms with van der Waals surface area (Å²) in [4.78, 5) is 2.29. The molecule has 1 aromatic carbocycles. The van der Waals surface area contributed by atoms with Crippen LogP contribution in [0.1, 0.15) is 23.6 Å². The maximum absolute atomic E-state index is 12.7. The number of rotatable bonds is 4. The third-order valence-corrected chi connectivity index (χ3v) is 4.20. The van der Waals surface area contributed by atoms with Crippen LogP contribution in [-0.4, -0.2) is 36.0 Å². The fourth-order valence-electron chi connectivity index (χ4n) is 2.29. The molecule has 1 saturated heterocycles. The Morgan fingerprint density at radius 1 is 1.22 bits per heavy atom. The lowest BCUT2D eigenvalue weighted by atomic mass is 10.0. The highest BCUT2D eigenvalue weighted by Crippen LogP contribution is 2.27. The molecular weight excluding hydrogens is 254 g/mol. The van der Waals surface area contributed by atoms with Crippen molar-refractivity contribution in [3.05, 3.63) is 35.4 Å². The average molecular weight is 272 g/mol. The van der Waals surface area contributed by atoms with Crippen molar-refractivity contribution in [1.82, 2.24) is 4.90 Å². The molecule has 0 aliphatic carbocycles. The van der Waals surface area contributed by atoms with Gasteiger partial charge in [-0.1, -0.05) is 18.2 Å². The Hall–Kier alpha value is -0.650. The van der Waals surface area contributed by atoms with E-state index in [0.717, 1.165) is 30.2 Å². The molecule has 1 aliphatic heterocycles. The van der Waals surface area contributed by atoms with Gasteiger partial charge in [-0.15, -0.1) is 0 Å². The van der Waals surface area contributed by atoms with Crippen LogP contribution in [0.5, 0.6) is 0 Å². The first kappa shape index (κ1) is 13.8. The van der Waals surface area contributed by atoms with E-state index in [1.807, 2.05) is 17.8 Å². The molecule has 0 saturated carbocycles. The summed E-state index contributed by atoms with van der Waals surface area (Å²) in [5, 5.41) is 0. The maximum Gasteiger partial charge on any atom is 0.263 e. The quantitative estimate of drug-likeness (QED) is 0.913. The monoisotopic (exact) mass is 272 g/mol. The molecule has 0 aromatic heterocycles. The molecule has 1 aromatic rings. The summed E-state index contributed by atoms with van der Waals surface area (Å²) in [5.41, 5.74) is 6.81. The molecule has 2 nitrogen and oxygen atoms in total. The molecule has 0 radical (unpaired) electrons. The minimum absolute atomic E-state index is 0.0598. The van der Waals surface area contributed by atoms with E-state index in [-0.39, 0.29) is 11.6 Å². The molecule has 1 heterocycles. The second-order valence-corrected chi connectivity index (χ2v) is 5.60. The van der Waals surface area contributed by atoms with E-state index >= 15 is 0 Å². The molecule has 2 rings (SSSR count). The van der Waals surface area contributed by atoms with Gasteiger partial charge in [-0.05, 0) is 11.6 Å². The van der Waals surface area contributed by atoms with E-state index in [9.17, 15) is 8.78 Å². The van der Waals surface area contributed by atoms with Crippen molar-refractivity contribution in [3.8, 4) is 0 Å². The van der Waals surface area contributed by atoms with Gasteiger partial charge in [-0.2, -0.15) is 11.8 Å². The molecule has 0 amide bonds. The molecular formula is C13H18F2N2S. The van der Waals surface area contributed by atoms with Crippen molar-refractivity contribution in [3.63, 3.8) is 0 Å². The Kier molecular flexibility index (Phi) is 4.97. The first-order valence-electron chi connectivity index (χ1n) is 6.12. The summed E-state index contributed by atoms with van der Waals surface area (Å²) >= 11 is 1.93. The molecule has 1 fully saturated rings. The first-order chi connectivity index (χ1) is 8.72. The third-order valence-electron chi connectivity index (χ3n) is 3.26. The number of hydrogen-bond acceptors (Lipinski definition) is 3. The van der Waals surface area contributed by atoms with Crippen molar-refractivity contribution < 1.29 is 8.78 Å². The van der Waals surface area contributed by atoms with Gasteiger partial charge in [0.1, 0.15) is 0 Å². The van der Waals surface area contributed by atoms with Crippen LogP contribution < -0.4 is 5.73 Å². The normalized spacial score (nSPS) is 19.1. The molecule has 100 valence electrons. The first-order valence-corrected chi connectivity index (χ1v) is 7.27. The summed E-state index contributed by atoms with van der Waals surface area (Å²) in [6, 6.07) is 6.70. The maximum atomic E-state index is 12.7. The highest BCUT2D eigenvalue weighted by Gasteiger charge is 2.22. The number of alkyl halides is 2. The largest absolute Gasteiger partial charge is 0.329 e. The van der Waals surface area contributed by atoms with Gasteiger partial charge in [0.2, 0.25) is 0 Å². The summed E-state index contributed by atoms with van der Waals surface area (Å²) in [5.74, 6) is 2.18. The fraction of sp³-hybridized carbons (Fsp3) is 0.538. The SMILES string of the molecule is NCC(c1cccc(C(F)F)c1)N1CCSCC1. The molecule has 1 aliphatic rings. The van der Waals surface area contributed by atoms with Crippen molar-refractivity contribution in [2.75, 3.05) is 31.1 Å². The lowest BCUT2D eigenvalue weighted by molar-refractivity contribution is 0.151. The van der Waals surface area contributed by atoms with Crippen molar-refractivity contribution in [2.24, 2.45) is 5.73 Å². The number of nitrogens with two attached hydrogens (primary N) is 1. The van der Waals surface area contributed by atoms with Crippen molar-refractivity contribution in [2.45, 2.75) is 12.5 Å². The predicted molar refractivity (Wildman–Crippen MR) is 72.1 cm³/mol. The van der Waals surface area contributed by atoms with Crippen LogP contribution >= 0.6 is 11.8 Å². The Balaban J connectivity index is 2.18. The summed E-state index contributed by atoms with van der Waals surface area (Å²) in [6.45, 7) is 2.42. The molecule has 2 N–H and O–H groups in total. The van der Waals surface area contributed by atoms with Gasteiger partial charge in [-0.25, -0.2) is 8.78 Å². The van der Waals surface area contributed by atoms with Gasteiger partial charge in [0.15, 0.2) is 0 Å². The second kappa shape index (κ2) is 6.50. The van der Waals surface area contributed by atoms with E-state index in [4.69, 9.17) is 5.73 Å². The summed E-state index contributed by atoms with van der Waals surface area (Å²) in [6.07, 6.45) is -2.42. The number of nitrogens with zero attached hydrogens (tertiary/aromatic N) is 1. The van der Waals surface area contributed by atoms with Gasteiger partial charge in [0.05, 0.1) is 0 Å². The Morgan fingerprint density at radius 3 is 2.50 bits per heavy atom. The number of thioether (sulfide) groups is 1. The molecule has 0 bridgehead atoms. The molecule has 18 heavy (non-hydrogen) atoms. The highest BCUT2D eigenvalue weighted by atomic mass is 32.2. The Labute approximate surface area is 111 Å². The summed E-state index contributed by atoms with van der Waals surface area (Å²) in [7, 11) is 0. The second-order valence-electron chi connectivity index (χ2n) is 4.37. The van der Waals surface area contributed by atoms with Crippen LogP contribution in [0.25, 0.3) is 0 Å². The minimum Gasteiger partial charge on any atom is -0.329 e. The number of hydrogen-bond donors (Lipinski definition) is 1. The summed E-state index contributed by atoms with van der Waals surface area (Å²) < 4.78 is 25.4. The van der Waals surface area contributed by atoms with Gasteiger partial charge >= 0.3 is 0 Å². The third kappa shape index (κ3) is 3.22. The molecule has 1 unspecified atom stereocenters. The molecule has 5 heteroatoms. The van der Waals surface area contributed by atoms with Crippen LogP contribution in [0.15, 0.2) is 24.3 Å². The van der Waals surface area contributed by atoms with E-state index in [1.165, 1.54) is 6.07 Å². The lowest BCUT2D eigenvalue weighted by Gasteiger charge is -2.34. The van der Waals surface area contributed by atoms with Crippen LogP contribution in [0.3, 0.4) is 0 Å². The highest BCUT2D eigenvalue weighted by molar-refractivity contribution is 7.99. The van der Waals surface area contributed by atoms with Gasteiger partial charge in [-0.3, -0.25) is 4.90 Å². The predicted octanol–water partition coefficient (Wildman–Crippen LogP) is 2.67. The Morgan fingerprint density at radius 2 is 1.89 bits per heavy atom. The fourth-order valence-corrected chi connectivity index (χ4v) is 3.22. The van der Waals surface area contributed by atoms with Crippen LogP contribution in [0, 0.1) is 0 Å². The minimum atomic E-state index is -2.42. The molecule has 1 atom stereocenters. The van der Waals surface area contributed by atoms with E-state index in [1.54, 1.807) is 12.1 Å². The van der Waals surface area contributed by atoms with Gasteiger partial charge in [0.25, 0.3) is 6.43 Å². The van der Waals surface area contributed by atoms with Gasteiger partial charge < -0.3 is 5.73 Å². The van der Waals surface area contributed by atoms with Crippen LogP contribution in [0.2, 0.25) is 0 Å². The van der Waals surface area contributed by atoms with Crippen LogP contribution in [0.4, 0.5) is 8.78 Å². The van der Waals surface area contributed by atoms with E-state index in [0.29, 0.717) is 6.54 Å². The number of halogens is 2. The zero-order valence-corrected chi connectivity index (χ0v) is 11.0. The lowest BCUT2D eigenvalue weighted by Crippen LogP contribution is -2.39. The topological polar surface area (TPSA) is 29.3 Å². The van der Waals surface area contributed by atoms with Crippen LogP contribution in [-0.2, 0) is 0 Å².